The maximum atomic E-state index is 13.8. The number of rotatable bonds is 3. The van der Waals surface area contributed by atoms with Crippen molar-refractivity contribution in [3.05, 3.63) is 35.9 Å². The summed E-state index contributed by atoms with van der Waals surface area (Å²) in [6.45, 7) is 6.92. The lowest BCUT2D eigenvalue weighted by Crippen LogP contribution is -2.41. The van der Waals surface area contributed by atoms with Gasteiger partial charge in [-0.15, -0.1) is 11.8 Å². The Balaban J connectivity index is 1.87. The molecular weight excluding hydrogens is 327 g/mol. The van der Waals surface area contributed by atoms with Crippen LogP contribution in [0.2, 0.25) is 0 Å². The van der Waals surface area contributed by atoms with Crippen LogP contribution in [0.5, 0.6) is 0 Å². The quantitative estimate of drug-likeness (QED) is 0.700. The molecule has 0 N–H and O–H groups in total. The maximum absolute atomic E-state index is 13.8. The van der Waals surface area contributed by atoms with E-state index in [1.54, 1.807) is 0 Å². The summed E-state index contributed by atoms with van der Waals surface area (Å²) in [4.78, 5) is 11.7. The van der Waals surface area contributed by atoms with Gasteiger partial charge in [-0.25, -0.2) is 4.39 Å². The Hall–Kier alpha value is -0.480. The highest BCUT2D eigenvalue weighted by Crippen LogP contribution is 2.54. The van der Waals surface area contributed by atoms with Crippen molar-refractivity contribution < 1.29 is 9.18 Å². The lowest BCUT2D eigenvalue weighted by Gasteiger charge is -2.46. The van der Waals surface area contributed by atoms with E-state index in [-0.39, 0.29) is 15.1 Å². The average Bonchev–Trinajstić information content (AvgIpc) is 2.87. The van der Waals surface area contributed by atoms with Crippen molar-refractivity contribution >= 4 is 28.6 Å². The lowest BCUT2D eigenvalue weighted by atomic mass is 9.61. The van der Waals surface area contributed by atoms with Crippen LogP contribution >= 0.6 is 23.5 Å². The molecule has 1 heterocycles. The number of hydrogen-bond acceptors (Lipinski definition) is 3. The summed E-state index contributed by atoms with van der Waals surface area (Å²) in [6.07, 6.45) is 3.49. The fourth-order valence-electron chi connectivity index (χ4n) is 4.26. The van der Waals surface area contributed by atoms with Crippen LogP contribution in [0.25, 0.3) is 0 Å². The van der Waals surface area contributed by atoms with E-state index in [1.165, 1.54) is 35.5 Å². The van der Waals surface area contributed by atoms with Crippen LogP contribution < -0.4 is 0 Å². The molecule has 0 aromatic heterocycles. The summed E-state index contributed by atoms with van der Waals surface area (Å²) in [5.41, 5.74) is 0.0633. The molecule has 23 heavy (non-hydrogen) atoms. The normalized spacial score (nSPS) is 35.5. The van der Waals surface area contributed by atoms with Crippen LogP contribution in [0.15, 0.2) is 30.3 Å². The Kier molecular flexibility index (Phi) is 5.12. The monoisotopic (exact) mass is 352 g/mol. The molecule has 0 spiro atoms. The van der Waals surface area contributed by atoms with Gasteiger partial charge in [0.05, 0.1) is 4.58 Å². The zero-order valence-corrected chi connectivity index (χ0v) is 15.6. The molecule has 1 aromatic rings. The molecule has 0 radical (unpaired) electrons. The molecule has 5 atom stereocenters. The smallest absolute Gasteiger partial charge is 0.234 e. The van der Waals surface area contributed by atoms with E-state index in [0.717, 1.165) is 12.8 Å². The van der Waals surface area contributed by atoms with E-state index < -0.39 is 5.50 Å². The molecule has 0 amide bonds. The molecule has 1 saturated heterocycles. The molecule has 1 saturated carbocycles. The van der Waals surface area contributed by atoms with Gasteiger partial charge in [0, 0.05) is 0 Å². The van der Waals surface area contributed by atoms with Crippen molar-refractivity contribution in [1.82, 2.24) is 0 Å². The number of carbonyl (C=O) groups excluding carboxylic acids is 1. The average molecular weight is 353 g/mol. The molecule has 0 bridgehead atoms. The fraction of sp³-hybridized carbons (Fsp3) is 0.632. The van der Waals surface area contributed by atoms with E-state index in [2.05, 4.69) is 51.1 Å². The Morgan fingerprint density at radius 2 is 1.87 bits per heavy atom. The van der Waals surface area contributed by atoms with Gasteiger partial charge >= 0.3 is 0 Å². The Bertz CT molecular complexity index is 560. The molecule has 1 aliphatic heterocycles. The van der Waals surface area contributed by atoms with Gasteiger partial charge in [0.15, 0.2) is 0 Å². The van der Waals surface area contributed by atoms with Gasteiger partial charge in [-0.1, -0.05) is 69.3 Å². The second kappa shape index (κ2) is 6.79. The van der Waals surface area contributed by atoms with E-state index in [9.17, 15) is 9.18 Å². The first-order chi connectivity index (χ1) is 10.9. The first-order valence-corrected chi connectivity index (χ1v) is 10.3. The number of benzene rings is 1. The van der Waals surface area contributed by atoms with Crippen molar-refractivity contribution in [2.24, 2.45) is 17.8 Å². The summed E-state index contributed by atoms with van der Waals surface area (Å²) >= 11 is 2.49. The van der Waals surface area contributed by atoms with Crippen LogP contribution in [0, 0.1) is 17.8 Å². The highest BCUT2D eigenvalue weighted by molar-refractivity contribution is 8.30. The molecule has 2 aliphatic rings. The minimum Gasteiger partial charge on any atom is -0.283 e. The summed E-state index contributed by atoms with van der Waals surface area (Å²) in [5, 5.41) is -0.283. The van der Waals surface area contributed by atoms with Crippen molar-refractivity contribution in [2.75, 3.05) is 0 Å². The molecule has 2 unspecified atom stereocenters. The van der Waals surface area contributed by atoms with E-state index in [4.69, 9.17) is 0 Å². The van der Waals surface area contributed by atoms with Gasteiger partial charge in [-0.2, -0.15) is 0 Å². The predicted octanol–water partition coefficient (Wildman–Crippen LogP) is 5.64. The molecule has 3 rings (SSSR count). The van der Waals surface area contributed by atoms with E-state index >= 15 is 0 Å². The Morgan fingerprint density at radius 1 is 1.17 bits per heavy atom. The van der Waals surface area contributed by atoms with Gasteiger partial charge in [0.1, 0.15) is 0 Å². The standard InChI is InChI=1S/C19H25FOS2/c1-12-9-10-15(19(2,3)13-7-5-4-6-8-13)14(11-12)18-22-16(20)17(21)23-18/h4-8,12,14-16,18H,9-11H2,1-3H3/t12-,14-,15-,16?,18?/m1/s1. The molecular formula is C19H25FOS2. The first kappa shape index (κ1) is 17.3. The minimum absolute atomic E-state index is 0.0463. The zero-order valence-electron chi connectivity index (χ0n) is 14.0. The largest absolute Gasteiger partial charge is 0.283 e. The minimum atomic E-state index is -1.33. The molecule has 126 valence electrons. The lowest BCUT2D eigenvalue weighted by molar-refractivity contribution is -0.112. The molecule has 1 aliphatic carbocycles. The number of thioether (sulfide) groups is 2. The third-order valence-electron chi connectivity index (χ3n) is 5.63. The van der Waals surface area contributed by atoms with E-state index in [0.29, 0.717) is 17.8 Å². The van der Waals surface area contributed by atoms with Crippen molar-refractivity contribution in [1.29, 1.82) is 0 Å². The van der Waals surface area contributed by atoms with Gasteiger partial charge in [-0.3, -0.25) is 4.79 Å². The highest BCUT2D eigenvalue weighted by atomic mass is 32.2. The van der Waals surface area contributed by atoms with Crippen molar-refractivity contribution in [3.8, 4) is 0 Å². The maximum Gasteiger partial charge on any atom is 0.234 e. The van der Waals surface area contributed by atoms with Crippen molar-refractivity contribution in [3.63, 3.8) is 0 Å². The topological polar surface area (TPSA) is 17.1 Å². The van der Waals surface area contributed by atoms with Gasteiger partial charge in [0.2, 0.25) is 10.6 Å². The molecule has 1 nitrogen and oxygen atoms in total. The second-order valence-electron chi connectivity index (χ2n) is 7.53. The van der Waals surface area contributed by atoms with Crippen LogP contribution in [0.3, 0.4) is 0 Å². The summed E-state index contributed by atoms with van der Waals surface area (Å²) in [7, 11) is 0. The number of hydrogen-bond donors (Lipinski definition) is 0. The molecule has 1 aromatic carbocycles. The van der Waals surface area contributed by atoms with Gasteiger partial charge in [0.25, 0.3) is 0 Å². The van der Waals surface area contributed by atoms with Crippen LogP contribution in [0.4, 0.5) is 4.39 Å². The number of alkyl halides is 1. The summed E-state index contributed by atoms with van der Waals surface area (Å²) in [6, 6.07) is 10.6. The number of carbonyl (C=O) groups is 1. The Morgan fingerprint density at radius 3 is 2.48 bits per heavy atom. The van der Waals surface area contributed by atoms with Crippen molar-refractivity contribution in [2.45, 2.75) is 55.5 Å². The zero-order chi connectivity index (χ0) is 16.6. The summed E-state index contributed by atoms with van der Waals surface area (Å²) in [5.74, 6) is 1.55. The van der Waals surface area contributed by atoms with Crippen LogP contribution in [-0.4, -0.2) is 15.2 Å². The summed E-state index contributed by atoms with van der Waals surface area (Å²) < 4.78 is 13.8. The Labute approximate surface area is 147 Å². The third-order valence-corrected chi connectivity index (χ3v) is 8.49. The van der Waals surface area contributed by atoms with E-state index in [1.807, 2.05) is 0 Å². The molecule has 2 fully saturated rings. The predicted molar refractivity (Wildman–Crippen MR) is 98.3 cm³/mol. The fourth-order valence-corrected chi connectivity index (χ4v) is 7.05. The van der Waals surface area contributed by atoms with Crippen LogP contribution in [0.1, 0.15) is 45.6 Å². The van der Waals surface area contributed by atoms with Crippen LogP contribution in [-0.2, 0) is 10.2 Å². The molecule has 4 heteroatoms. The second-order valence-corrected chi connectivity index (χ2v) is 10.2. The third kappa shape index (κ3) is 3.48. The first-order valence-electron chi connectivity index (χ1n) is 8.45. The van der Waals surface area contributed by atoms with Gasteiger partial charge < -0.3 is 0 Å². The van der Waals surface area contributed by atoms with Gasteiger partial charge in [-0.05, 0) is 41.6 Å². The highest BCUT2D eigenvalue weighted by Gasteiger charge is 2.47. The number of halogens is 1. The SMILES string of the molecule is C[C@@H]1CC[C@@H](C(C)(C)c2ccccc2)[C@H](C2SC(=O)C(F)S2)C1.